The second-order valence-electron chi connectivity index (χ2n) is 24.3. The lowest BCUT2D eigenvalue weighted by molar-refractivity contribution is -0.144. The summed E-state index contributed by atoms with van der Waals surface area (Å²) in [6.45, 7) is 9.50. The van der Waals surface area contributed by atoms with Gasteiger partial charge in [-0.25, -0.2) is 12.7 Å². The molecule has 18 nitrogen and oxygen atoms in total. The first-order chi connectivity index (χ1) is 36.3. The third-order valence-corrected chi connectivity index (χ3v) is 21.0. The minimum absolute atomic E-state index is 0.00217. The average Bonchev–Trinajstić information content (AvgIpc) is 4.24. The van der Waals surface area contributed by atoms with Gasteiger partial charge in [0.2, 0.25) is 45.5 Å². The Balaban J connectivity index is 0.803. The van der Waals surface area contributed by atoms with Crippen molar-refractivity contribution in [2.75, 3.05) is 50.6 Å². The van der Waals surface area contributed by atoms with Crippen LogP contribution in [0.3, 0.4) is 0 Å². The van der Waals surface area contributed by atoms with Crippen molar-refractivity contribution in [3.63, 3.8) is 0 Å². The maximum atomic E-state index is 14.1. The van der Waals surface area contributed by atoms with Crippen molar-refractivity contribution in [2.45, 2.75) is 229 Å². The smallest absolute Gasteiger partial charge is 0.246 e. The van der Waals surface area contributed by atoms with Gasteiger partial charge in [-0.3, -0.25) is 34.1 Å². The van der Waals surface area contributed by atoms with Gasteiger partial charge in [-0.1, -0.05) is 78.6 Å². The molecule has 6 fully saturated rings. The number of nitrogens with one attached hydrogen (secondary N) is 7. The van der Waals surface area contributed by atoms with Crippen LogP contribution >= 0.6 is 23.5 Å². The summed E-state index contributed by atoms with van der Waals surface area (Å²) in [7, 11) is -3.41. The fourth-order valence-electron chi connectivity index (χ4n) is 12.4. The highest BCUT2D eigenvalue weighted by atomic mass is 32.2. The zero-order valence-electron chi connectivity index (χ0n) is 46.7. The zero-order valence-corrected chi connectivity index (χ0v) is 49.1. The van der Waals surface area contributed by atoms with Gasteiger partial charge in [0.15, 0.2) is 0 Å². The van der Waals surface area contributed by atoms with E-state index in [4.69, 9.17) is 0 Å². The van der Waals surface area contributed by atoms with Gasteiger partial charge in [0.1, 0.15) is 23.6 Å². The summed E-state index contributed by atoms with van der Waals surface area (Å²) in [5.41, 5.74) is -0.833. The number of sulfonamides is 1. The number of nitrogens with zero attached hydrogens (tertiary/aromatic N) is 2. The van der Waals surface area contributed by atoms with E-state index in [0.717, 1.165) is 88.5 Å². The fourth-order valence-corrected chi connectivity index (χ4v) is 16.0. The number of carbonyl (C=O) groups excluding carboxylic acids is 6. The van der Waals surface area contributed by atoms with Gasteiger partial charge < -0.3 is 41.9 Å². The molecular weight excluding hydrogens is 1030 g/mol. The molecule has 6 amide bonds. The quantitative estimate of drug-likeness (QED) is 0.0477. The number of β-amino-alcohol motifs (C(OH)–C–C–N with tert-alkyl or cyclic N) is 1. The highest BCUT2D eigenvalue weighted by Crippen LogP contribution is 2.39. The third kappa shape index (κ3) is 19.8. The van der Waals surface area contributed by atoms with Gasteiger partial charge in [0.05, 0.1) is 18.3 Å². The van der Waals surface area contributed by atoms with E-state index in [2.05, 4.69) is 44.1 Å². The molecule has 9 atom stereocenters. The molecule has 2 saturated carbocycles. The number of thioether (sulfide) groups is 2. The van der Waals surface area contributed by atoms with Crippen molar-refractivity contribution in [1.29, 1.82) is 0 Å². The van der Waals surface area contributed by atoms with Crippen molar-refractivity contribution < 1.29 is 42.3 Å². The van der Waals surface area contributed by atoms with Gasteiger partial charge >= 0.3 is 0 Å². The molecule has 5 unspecified atom stereocenters. The largest absolute Gasteiger partial charge is 0.391 e. The Labute approximate surface area is 464 Å². The van der Waals surface area contributed by atoms with E-state index in [1.807, 2.05) is 32.5 Å². The lowest BCUT2D eigenvalue weighted by Gasteiger charge is -2.36. The lowest BCUT2D eigenvalue weighted by Crippen LogP contribution is -2.58. The van der Waals surface area contributed by atoms with E-state index in [-0.39, 0.29) is 67.0 Å². The molecule has 76 heavy (non-hydrogen) atoms. The number of unbranched alkanes of at least 4 members (excludes halogenated alkanes) is 8. The molecule has 8 N–H and O–H groups in total. The molecule has 6 rings (SSSR count). The van der Waals surface area contributed by atoms with Crippen LogP contribution in [0, 0.1) is 29.1 Å². The number of aliphatic hydroxyl groups is 1. The van der Waals surface area contributed by atoms with Crippen molar-refractivity contribution in [3.05, 3.63) is 0 Å². The summed E-state index contributed by atoms with van der Waals surface area (Å²) in [4.78, 5) is 81.9. The van der Waals surface area contributed by atoms with Crippen LogP contribution in [0.5, 0.6) is 0 Å². The summed E-state index contributed by atoms with van der Waals surface area (Å²) in [5.74, 6) is 1.85. The summed E-state index contributed by atoms with van der Waals surface area (Å²) in [5, 5.41) is 33.6. The molecule has 0 bridgehead atoms. The van der Waals surface area contributed by atoms with Crippen LogP contribution < -0.4 is 37.2 Å². The van der Waals surface area contributed by atoms with E-state index in [1.54, 1.807) is 11.8 Å². The summed E-state index contributed by atoms with van der Waals surface area (Å²) in [6, 6.07) is -1.48. The van der Waals surface area contributed by atoms with Gasteiger partial charge in [-0.2, -0.15) is 0 Å². The fraction of sp³-hybridized carbons (Fsp3) is 0.891. The number of carbonyl (C=O) groups is 6. The van der Waals surface area contributed by atoms with Crippen molar-refractivity contribution in [1.82, 2.24) is 46.4 Å². The third-order valence-electron chi connectivity index (χ3n) is 17.1. The minimum Gasteiger partial charge on any atom is -0.391 e. The maximum Gasteiger partial charge on any atom is 0.246 e. The van der Waals surface area contributed by atoms with Crippen LogP contribution in [-0.2, 0) is 38.8 Å². The van der Waals surface area contributed by atoms with Crippen molar-refractivity contribution >= 4 is 69.0 Å². The Morgan fingerprint density at radius 2 is 1.42 bits per heavy atom. The van der Waals surface area contributed by atoms with Crippen LogP contribution in [0.2, 0.25) is 0 Å². The molecule has 4 aliphatic heterocycles. The molecular formula is C55H97N9O9S3. The minimum atomic E-state index is -3.41. The molecule has 6 aliphatic rings. The normalized spacial score (nSPS) is 28.4. The summed E-state index contributed by atoms with van der Waals surface area (Å²) >= 11 is 3.71. The number of hydrogen-bond acceptors (Lipinski definition) is 13. The predicted octanol–water partition coefficient (Wildman–Crippen LogP) is 5.09. The number of hydrogen-bond donors (Lipinski definition) is 8. The number of likely N-dealkylation sites (tertiary alicyclic amines) is 1. The van der Waals surface area contributed by atoms with Crippen LogP contribution in [0.1, 0.15) is 182 Å². The SMILES string of the molecule is CC1NCSC1C1CCC(CNC(=O)[C@@H]2C[C@@H](O)CN2C(=O)[C@@H](NC(=O)CCCCCCCCCCC(=O)NCCCC[C@H](NC(=O)C2CCN(S(C)(=O)=O)C2)C(=O)NC2NC(C3CCCCC3)CS2)C(C)(C)C)CC1. The predicted molar refractivity (Wildman–Crippen MR) is 302 cm³/mol. The van der Waals surface area contributed by atoms with Gasteiger partial charge in [-0.15, -0.1) is 23.5 Å². The van der Waals surface area contributed by atoms with Crippen LogP contribution in [0.4, 0.5) is 0 Å². The highest BCUT2D eigenvalue weighted by Gasteiger charge is 2.45. The first-order valence-corrected chi connectivity index (χ1v) is 33.3. The van der Waals surface area contributed by atoms with Gasteiger partial charge in [0.25, 0.3) is 0 Å². The monoisotopic (exact) mass is 1120 g/mol. The first-order valence-electron chi connectivity index (χ1n) is 29.4. The van der Waals surface area contributed by atoms with Crippen LogP contribution in [0.15, 0.2) is 0 Å². The average molecular weight is 1120 g/mol. The van der Waals surface area contributed by atoms with Gasteiger partial charge in [0, 0.05) is 80.9 Å². The Morgan fingerprint density at radius 3 is 2.05 bits per heavy atom. The molecule has 0 spiro atoms. The van der Waals surface area contributed by atoms with Gasteiger partial charge in [-0.05, 0) is 107 Å². The Bertz CT molecular complexity index is 2000. The Morgan fingerprint density at radius 1 is 0.750 bits per heavy atom. The molecule has 0 aromatic carbocycles. The second-order valence-corrected chi connectivity index (χ2v) is 28.6. The molecule has 0 radical (unpaired) electrons. The molecule has 21 heteroatoms. The maximum absolute atomic E-state index is 14.1. The molecule has 4 heterocycles. The second kappa shape index (κ2) is 30.8. The highest BCUT2D eigenvalue weighted by molar-refractivity contribution is 8.00. The summed E-state index contributed by atoms with van der Waals surface area (Å²) in [6.07, 6.45) is 21.4. The van der Waals surface area contributed by atoms with Crippen LogP contribution in [0.25, 0.3) is 0 Å². The lowest BCUT2D eigenvalue weighted by atomic mass is 9.79. The van der Waals surface area contributed by atoms with Crippen LogP contribution in [-0.4, -0.2) is 156 Å². The van der Waals surface area contributed by atoms with E-state index >= 15 is 0 Å². The number of aliphatic hydroxyl groups excluding tert-OH is 1. The topological polar surface area (TPSA) is 247 Å². The Hall–Kier alpha value is -2.69. The molecule has 0 aromatic heterocycles. The molecule has 4 saturated heterocycles. The summed E-state index contributed by atoms with van der Waals surface area (Å²) < 4.78 is 25.5. The first kappa shape index (κ1) is 62.5. The van der Waals surface area contributed by atoms with E-state index < -0.39 is 45.6 Å². The van der Waals surface area contributed by atoms with E-state index in [0.29, 0.717) is 93.1 Å². The number of rotatable bonds is 28. The molecule has 0 aromatic rings. The van der Waals surface area contributed by atoms with E-state index in [9.17, 15) is 42.3 Å². The zero-order chi connectivity index (χ0) is 54.8. The van der Waals surface area contributed by atoms with E-state index in [1.165, 1.54) is 41.3 Å². The Kier molecular flexibility index (Phi) is 25.3. The number of amides is 6. The van der Waals surface area contributed by atoms with Crippen molar-refractivity contribution in [2.24, 2.45) is 29.1 Å². The van der Waals surface area contributed by atoms with Crippen molar-refractivity contribution in [3.8, 4) is 0 Å². The molecule has 434 valence electrons. The molecule has 2 aliphatic carbocycles. The standard InChI is InChI=1S/C55H97N9O9S3/c1-37-48(75-36-58-37)40-26-24-38(25-27-40)32-57-52(70)45-31-42(65)34-64(45)53(71)49(55(2,3)4)61-47(67)23-16-11-9-7-6-8-10-15-22-46(66)56-29-18-17-21-43(59-50(68)41-28-30-63(33-41)76(5,72)73)51(69)62-54-60-44(35-74-54)39-19-13-12-14-20-39/h37-45,48-49,54,58,60,65H,6-36H2,1-5H3,(H,56,66)(H,57,70)(H,59,68)(H,61,67)(H,62,69)/t37?,38?,40?,41?,42-,43+,44?,45+,48?,49-,54?/m1/s1.